The van der Waals surface area contributed by atoms with Crippen LogP contribution in [0.3, 0.4) is 0 Å². The van der Waals surface area contributed by atoms with Gasteiger partial charge in [0.1, 0.15) is 5.69 Å². The Hall–Kier alpha value is -2.35. The monoisotopic (exact) mass is 495 g/mol. The van der Waals surface area contributed by atoms with Gasteiger partial charge < -0.3 is 10.0 Å². The van der Waals surface area contributed by atoms with E-state index < -0.39 is 4.92 Å². The highest BCUT2D eigenvalue weighted by Crippen LogP contribution is 2.38. The molecule has 0 bridgehead atoms. The Bertz CT molecular complexity index is 858. The van der Waals surface area contributed by atoms with Crippen LogP contribution in [0.2, 0.25) is 0 Å². The summed E-state index contributed by atoms with van der Waals surface area (Å²) in [5, 5.41) is 37.1. The average molecular weight is 497 g/mol. The van der Waals surface area contributed by atoms with Gasteiger partial charge in [0.15, 0.2) is 0 Å². The highest BCUT2D eigenvalue weighted by Gasteiger charge is 2.14. The van der Waals surface area contributed by atoms with Gasteiger partial charge in [-0.15, -0.1) is 5.11 Å². The number of aliphatic hydroxyl groups excluding tert-OH is 1. The minimum Gasteiger partial charge on any atom is -0.395 e. The molecule has 2 aromatic rings. The molecule has 2 rings (SSSR count). The lowest BCUT2D eigenvalue weighted by Crippen LogP contribution is -2.27. The number of nitro groups is 1. The van der Waals surface area contributed by atoms with E-state index in [0.29, 0.717) is 39.8 Å². The molecule has 0 amide bonds. The number of rotatable bonds is 8. The third-order valence-electron chi connectivity index (χ3n) is 3.56. The summed E-state index contributed by atoms with van der Waals surface area (Å²) in [5.74, 6) is 0. The van der Waals surface area contributed by atoms with Crippen LogP contribution in [-0.2, 0) is 0 Å². The summed E-state index contributed by atoms with van der Waals surface area (Å²) in [6.45, 7) is 0.959. The first kappa shape index (κ1) is 21.0. The van der Waals surface area contributed by atoms with Gasteiger partial charge in [-0.1, -0.05) is 0 Å². The fourth-order valence-electron chi connectivity index (χ4n) is 2.27. The predicted molar refractivity (Wildman–Crippen MR) is 109 cm³/mol. The fraction of sp³-hybridized carbons (Fsp3) is 0.235. The molecule has 0 spiro atoms. The van der Waals surface area contributed by atoms with Crippen molar-refractivity contribution in [2.75, 3.05) is 24.6 Å². The maximum Gasteiger partial charge on any atom is 0.271 e. The highest BCUT2D eigenvalue weighted by atomic mass is 79.9. The molecular formula is C17H15Br2N5O3. The van der Waals surface area contributed by atoms with Gasteiger partial charge in [0.25, 0.3) is 5.69 Å². The van der Waals surface area contributed by atoms with Crippen molar-refractivity contribution in [2.24, 2.45) is 10.2 Å². The van der Waals surface area contributed by atoms with Gasteiger partial charge in [-0.2, -0.15) is 10.4 Å². The quantitative estimate of drug-likeness (QED) is 0.304. The van der Waals surface area contributed by atoms with Crippen molar-refractivity contribution >= 4 is 54.6 Å². The Morgan fingerprint density at radius 2 is 1.78 bits per heavy atom. The van der Waals surface area contributed by atoms with Crippen molar-refractivity contribution in [1.82, 2.24) is 0 Å². The second-order valence-corrected chi connectivity index (χ2v) is 7.06. The van der Waals surface area contributed by atoms with Crippen molar-refractivity contribution in [3.63, 3.8) is 0 Å². The van der Waals surface area contributed by atoms with Crippen molar-refractivity contribution < 1.29 is 10.0 Å². The summed E-state index contributed by atoms with van der Waals surface area (Å²) >= 11 is 6.53. The van der Waals surface area contributed by atoms with E-state index in [0.717, 1.165) is 5.69 Å². The summed E-state index contributed by atoms with van der Waals surface area (Å²) in [7, 11) is 0. The molecule has 0 radical (unpaired) electrons. The first-order chi connectivity index (χ1) is 13.0. The Labute approximate surface area is 172 Å². The Morgan fingerprint density at radius 1 is 1.15 bits per heavy atom. The number of non-ortho nitro benzene ring substituents is 1. The van der Waals surface area contributed by atoms with E-state index in [4.69, 9.17) is 10.4 Å². The zero-order valence-corrected chi connectivity index (χ0v) is 17.2. The second kappa shape index (κ2) is 10.1. The van der Waals surface area contributed by atoms with Gasteiger partial charge in [0, 0.05) is 30.9 Å². The van der Waals surface area contributed by atoms with Gasteiger partial charge in [-0.25, -0.2) is 0 Å². The summed E-state index contributed by atoms with van der Waals surface area (Å²) in [5.41, 5.74) is 1.86. The highest BCUT2D eigenvalue weighted by molar-refractivity contribution is 9.11. The molecule has 2 aromatic carbocycles. The third-order valence-corrected chi connectivity index (χ3v) is 4.77. The molecule has 0 atom stereocenters. The SMILES string of the molecule is N#CCCN(CCO)c1ccc(N=Nc2c(Br)cc([N+](=O)[O-])cc2Br)cc1. The van der Waals surface area contributed by atoms with Crippen molar-refractivity contribution in [3.8, 4) is 6.07 Å². The van der Waals surface area contributed by atoms with E-state index in [1.54, 1.807) is 12.1 Å². The molecule has 0 saturated heterocycles. The average Bonchev–Trinajstić information content (AvgIpc) is 2.65. The van der Waals surface area contributed by atoms with Gasteiger partial charge >= 0.3 is 0 Å². The first-order valence-corrected chi connectivity index (χ1v) is 9.43. The minimum absolute atomic E-state index is 0.00488. The van der Waals surface area contributed by atoms with E-state index in [9.17, 15) is 10.1 Å². The van der Waals surface area contributed by atoms with Crippen molar-refractivity contribution in [2.45, 2.75) is 6.42 Å². The lowest BCUT2D eigenvalue weighted by atomic mass is 10.2. The zero-order valence-electron chi connectivity index (χ0n) is 14.0. The molecular weight excluding hydrogens is 482 g/mol. The normalized spacial score (nSPS) is 10.7. The lowest BCUT2D eigenvalue weighted by Gasteiger charge is -2.22. The molecule has 8 nitrogen and oxygen atoms in total. The number of nitrogens with zero attached hydrogens (tertiary/aromatic N) is 5. The number of azo groups is 1. The molecule has 0 aromatic heterocycles. The smallest absolute Gasteiger partial charge is 0.271 e. The van der Waals surface area contributed by atoms with Gasteiger partial charge in [-0.3, -0.25) is 10.1 Å². The first-order valence-electron chi connectivity index (χ1n) is 7.84. The molecule has 0 saturated carbocycles. The largest absolute Gasteiger partial charge is 0.395 e. The van der Waals surface area contributed by atoms with E-state index in [-0.39, 0.29) is 12.3 Å². The molecule has 0 aliphatic carbocycles. The second-order valence-electron chi connectivity index (χ2n) is 5.35. The van der Waals surface area contributed by atoms with Crippen LogP contribution in [0.4, 0.5) is 22.7 Å². The van der Waals surface area contributed by atoms with Crippen LogP contribution in [0, 0.1) is 21.4 Å². The maximum atomic E-state index is 10.9. The number of anilines is 1. The molecule has 140 valence electrons. The number of nitriles is 1. The van der Waals surface area contributed by atoms with E-state index in [2.05, 4.69) is 48.2 Å². The molecule has 27 heavy (non-hydrogen) atoms. The molecule has 0 heterocycles. The summed E-state index contributed by atoms with van der Waals surface area (Å²) in [6.07, 6.45) is 0.365. The van der Waals surface area contributed by atoms with Gasteiger partial charge in [0.2, 0.25) is 0 Å². The van der Waals surface area contributed by atoms with Gasteiger partial charge in [0.05, 0.1) is 38.7 Å². The van der Waals surface area contributed by atoms with E-state index >= 15 is 0 Å². The van der Waals surface area contributed by atoms with Crippen LogP contribution in [0.15, 0.2) is 55.6 Å². The molecule has 0 fully saturated rings. The summed E-state index contributed by atoms with van der Waals surface area (Å²) in [6, 6.07) is 12.0. The molecule has 0 aliphatic heterocycles. The standard InChI is InChI=1S/C17H15Br2N5O3/c18-15-10-14(24(26)27)11-16(19)17(15)22-21-12-2-4-13(5-3-12)23(8-9-25)7-1-6-20/h2-5,10-11,25H,1,7-9H2. The Kier molecular flexibility index (Phi) is 7.84. The van der Waals surface area contributed by atoms with Crippen molar-refractivity contribution in [3.05, 3.63) is 55.5 Å². The van der Waals surface area contributed by atoms with Crippen LogP contribution < -0.4 is 4.90 Å². The van der Waals surface area contributed by atoms with E-state index in [1.807, 2.05) is 17.0 Å². The van der Waals surface area contributed by atoms with Crippen LogP contribution in [0.25, 0.3) is 0 Å². The minimum atomic E-state index is -0.486. The van der Waals surface area contributed by atoms with Crippen molar-refractivity contribution in [1.29, 1.82) is 5.26 Å². The van der Waals surface area contributed by atoms with Gasteiger partial charge in [-0.05, 0) is 56.1 Å². The van der Waals surface area contributed by atoms with E-state index in [1.165, 1.54) is 12.1 Å². The molecule has 0 unspecified atom stereocenters. The number of nitro benzene ring substituents is 1. The molecule has 10 heteroatoms. The number of benzene rings is 2. The third kappa shape index (κ3) is 5.82. The Morgan fingerprint density at radius 3 is 2.30 bits per heavy atom. The molecule has 0 aliphatic rings. The Balaban J connectivity index is 2.19. The lowest BCUT2D eigenvalue weighted by molar-refractivity contribution is -0.385. The van der Waals surface area contributed by atoms with Crippen LogP contribution in [-0.4, -0.2) is 29.7 Å². The molecule has 1 N–H and O–H groups in total. The van der Waals surface area contributed by atoms with Crippen LogP contribution in [0.5, 0.6) is 0 Å². The number of aliphatic hydroxyl groups is 1. The summed E-state index contributed by atoms with van der Waals surface area (Å²) in [4.78, 5) is 12.3. The predicted octanol–water partition coefficient (Wildman–Crippen LogP) is 5.25. The summed E-state index contributed by atoms with van der Waals surface area (Å²) < 4.78 is 0.907. The fourth-order valence-corrected chi connectivity index (χ4v) is 3.59. The number of halogens is 2. The topological polar surface area (TPSA) is 115 Å². The number of hydrogen-bond donors (Lipinski definition) is 1. The van der Waals surface area contributed by atoms with Crippen LogP contribution in [0.1, 0.15) is 6.42 Å². The van der Waals surface area contributed by atoms with Crippen LogP contribution >= 0.6 is 31.9 Å². The maximum absolute atomic E-state index is 10.9. The zero-order chi connectivity index (χ0) is 19.8. The number of hydrogen-bond acceptors (Lipinski definition) is 7.